The Morgan fingerprint density at radius 3 is 2.28 bits per heavy atom. The van der Waals surface area contributed by atoms with Gasteiger partial charge in [0.15, 0.2) is 9.84 Å². The van der Waals surface area contributed by atoms with Gasteiger partial charge in [0.25, 0.3) is 5.56 Å². The lowest BCUT2D eigenvalue weighted by Gasteiger charge is -2.34. The van der Waals surface area contributed by atoms with Crippen molar-refractivity contribution >= 4 is 58.3 Å². The normalized spacial score (nSPS) is 16.2. The molecular formula is C23H23BrClF3N4O5S2. The highest BCUT2D eigenvalue weighted by Crippen LogP contribution is 2.29. The van der Waals surface area contributed by atoms with Gasteiger partial charge in [0.1, 0.15) is 0 Å². The third-order valence-corrected chi connectivity index (χ3v) is 10.9. The van der Waals surface area contributed by atoms with Crippen molar-refractivity contribution in [3.05, 3.63) is 67.6 Å². The largest absolute Gasteiger partial charge is 0.511 e. The van der Waals surface area contributed by atoms with E-state index < -0.39 is 30.9 Å². The van der Waals surface area contributed by atoms with Gasteiger partial charge >= 0.3 is 15.5 Å². The summed E-state index contributed by atoms with van der Waals surface area (Å²) in [6.07, 6.45) is 1.31. The number of hydrogen-bond acceptors (Lipinski definition) is 7. The Morgan fingerprint density at radius 2 is 1.67 bits per heavy atom. The zero-order chi connectivity index (χ0) is 28.8. The van der Waals surface area contributed by atoms with Crippen LogP contribution in [0.15, 0.2) is 50.8 Å². The van der Waals surface area contributed by atoms with Gasteiger partial charge in [-0.05, 0) is 41.5 Å². The SMILES string of the molecule is CCS(=O)(=O)c1ccc(Cl)cc1Cn1cnc2cc(CN3CCN(S(=O)(=O)C(F)(F)F)CC3)c(Br)cc2c1=O. The molecule has 0 saturated carbocycles. The van der Waals surface area contributed by atoms with E-state index in [1.165, 1.54) is 36.0 Å². The van der Waals surface area contributed by atoms with Gasteiger partial charge in [-0.25, -0.2) is 21.8 Å². The predicted octanol–water partition coefficient (Wildman–Crippen LogP) is 3.62. The molecule has 0 radical (unpaired) electrons. The number of aromatic nitrogens is 2. The van der Waals surface area contributed by atoms with Gasteiger partial charge < -0.3 is 0 Å². The minimum absolute atomic E-state index is 0.0681. The molecule has 0 atom stereocenters. The molecule has 2 aromatic carbocycles. The number of alkyl halides is 3. The minimum atomic E-state index is -5.37. The number of piperazine rings is 1. The second kappa shape index (κ2) is 11.1. The molecule has 212 valence electrons. The van der Waals surface area contributed by atoms with E-state index in [2.05, 4.69) is 20.9 Å². The van der Waals surface area contributed by atoms with E-state index in [9.17, 15) is 34.8 Å². The van der Waals surface area contributed by atoms with E-state index >= 15 is 0 Å². The molecule has 1 aliphatic heterocycles. The second-order valence-corrected chi connectivity index (χ2v) is 14.4. The maximum absolute atomic E-state index is 13.3. The summed E-state index contributed by atoms with van der Waals surface area (Å²) in [6, 6.07) is 7.65. The van der Waals surface area contributed by atoms with Crippen LogP contribution in [0.2, 0.25) is 5.02 Å². The molecule has 0 aliphatic carbocycles. The van der Waals surface area contributed by atoms with Gasteiger partial charge in [-0.15, -0.1) is 0 Å². The van der Waals surface area contributed by atoms with Crippen LogP contribution >= 0.6 is 27.5 Å². The quantitative estimate of drug-likeness (QED) is 0.378. The number of sulfonamides is 1. The maximum atomic E-state index is 13.3. The van der Waals surface area contributed by atoms with E-state index in [-0.39, 0.29) is 48.8 Å². The van der Waals surface area contributed by atoms with E-state index in [1.54, 1.807) is 12.1 Å². The van der Waals surface area contributed by atoms with Crippen LogP contribution in [0.5, 0.6) is 0 Å². The van der Waals surface area contributed by atoms with E-state index in [1.807, 2.05) is 4.90 Å². The molecular weight excluding hydrogens is 649 g/mol. The first-order chi connectivity index (χ1) is 18.1. The molecule has 0 N–H and O–H groups in total. The Morgan fingerprint density at radius 1 is 1.00 bits per heavy atom. The lowest BCUT2D eigenvalue weighted by Crippen LogP contribution is -2.51. The van der Waals surface area contributed by atoms with Gasteiger partial charge in [-0.1, -0.05) is 34.5 Å². The summed E-state index contributed by atoms with van der Waals surface area (Å²) in [7, 11) is -8.93. The van der Waals surface area contributed by atoms with E-state index in [4.69, 9.17) is 11.6 Å². The molecule has 3 aromatic rings. The van der Waals surface area contributed by atoms with Crippen LogP contribution in [0.3, 0.4) is 0 Å². The predicted molar refractivity (Wildman–Crippen MR) is 144 cm³/mol. The van der Waals surface area contributed by atoms with Gasteiger partial charge in [-0.2, -0.15) is 17.5 Å². The number of hydrogen-bond donors (Lipinski definition) is 0. The monoisotopic (exact) mass is 670 g/mol. The number of halogens is 5. The van der Waals surface area contributed by atoms with Crippen LogP contribution in [-0.4, -0.2) is 73.0 Å². The summed E-state index contributed by atoms with van der Waals surface area (Å²) < 4.78 is 89.2. The summed E-state index contributed by atoms with van der Waals surface area (Å²) in [4.78, 5) is 19.5. The molecule has 2 heterocycles. The first-order valence-corrected chi connectivity index (χ1v) is 15.9. The molecule has 0 bridgehead atoms. The number of rotatable bonds is 7. The Hall–Kier alpha value is -2.04. The highest BCUT2D eigenvalue weighted by Gasteiger charge is 2.50. The Labute approximate surface area is 236 Å². The van der Waals surface area contributed by atoms with Crippen LogP contribution in [0.4, 0.5) is 13.2 Å². The highest BCUT2D eigenvalue weighted by atomic mass is 79.9. The molecule has 39 heavy (non-hydrogen) atoms. The Kier molecular flexibility index (Phi) is 8.51. The minimum Gasteiger partial charge on any atom is -0.296 e. The average molecular weight is 672 g/mol. The van der Waals surface area contributed by atoms with Crippen molar-refractivity contribution in [1.82, 2.24) is 18.8 Å². The van der Waals surface area contributed by atoms with Crippen molar-refractivity contribution in [2.45, 2.75) is 30.4 Å². The standard InChI is InChI=1S/C23H23BrClF3N4O5S2/c1-2-38(34,35)21-4-3-17(25)9-16(21)13-31-14-29-20-10-15(19(24)11-18(20)22(31)33)12-30-5-7-32(8-6-30)39(36,37)23(26,27)28/h3-4,9-11,14H,2,5-8,12-13H2,1H3. The summed E-state index contributed by atoms with van der Waals surface area (Å²) in [5.74, 6) is -0.116. The molecule has 1 saturated heterocycles. The van der Waals surface area contributed by atoms with Crippen molar-refractivity contribution in [2.24, 2.45) is 0 Å². The molecule has 16 heteroatoms. The van der Waals surface area contributed by atoms with Gasteiger partial charge in [-0.3, -0.25) is 14.3 Å². The van der Waals surface area contributed by atoms with Crippen molar-refractivity contribution in [2.75, 3.05) is 31.9 Å². The molecule has 0 amide bonds. The van der Waals surface area contributed by atoms with Gasteiger partial charge in [0, 0.05) is 42.2 Å². The van der Waals surface area contributed by atoms with Gasteiger partial charge in [0.05, 0.1) is 34.4 Å². The number of nitrogens with zero attached hydrogens (tertiary/aromatic N) is 4. The van der Waals surface area contributed by atoms with Crippen molar-refractivity contribution < 1.29 is 30.0 Å². The van der Waals surface area contributed by atoms with Crippen molar-refractivity contribution in [1.29, 1.82) is 0 Å². The molecule has 1 fully saturated rings. The zero-order valence-electron chi connectivity index (χ0n) is 20.5. The third-order valence-electron chi connectivity index (χ3n) is 6.43. The first kappa shape index (κ1) is 29.9. The molecule has 1 aliphatic rings. The molecule has 1 aromatic heterocycles. The average Bonchev–Trinajstić information content (AvgIpc) is 2.86. The summed E-state index contributed by atoms with van der Waals surface area (Å²) in [5, 5.41) is 0.599. The molecule has 0 unspecified atom stereocenters. The zero-order valence-corrected chi connectivity index (χ0v) is 24.4. The van der Waals surface area contributed by atoms with E-state index in [0.29, 0.717) is 37.0 Å². The number of fused-ring (bicyclic) bond motifs is 1. The molecule has 4 rings (SSSR count). The first-order valence-electron chi connectivity index (χ1n) is 11.6. The number of sulfone groups is 1. The molecule has 0 spiro atoms. The maximum Gasteiger partial charge on any atom is 0.511 e. The van der Waals surface area contributed by atoms with Crippen molar-refractivity contribution in [3.63, 3.8) is 0 Å². The van der Waals surface area contributed by atoms with Crippen LogP contribution in [0.1, 0.15) is 18.1 Å². The molecule has 9 nitrogen and oxygen atoms in total. The van der Waals surface area contributed by atoms with Crippen LogP contribution < -0.4 is 5.56 Å². The Balaban J connectivity index is 1.57. The third kappa shape index (κ3) is 6.17. The highest BCUT2D eigenvalue weighted by molar-refractivity contribution is 9.10. The lowest BCUT2D eigenvalue weighted by molar-refractivity contribution is -0.0500. The fraction of sp³-hybridized carbons (Fsp3) is 0.391. The summed E-state index contributed by atoms with van der Waals surface area (Å²) in [6.45, 7) is 1.35. The van der Waals surface area contributed by atoms with Crippen LogP contribution in [-0.2, 0) is 33.0 Å². The smallest absolute Gasteiger partial charge is 0.296 e. The van der Waals surface area contributed by atoms with E-state index in [0.717, 1.165) is 0 Å². The summed E-state index contributed by atoms with van der Waals surface area (Å²) in [5.41, 5.74) is -4.30. The van der Waals surface area contributed by atoms with Crippen LogP contribution in [0, 0.1) is 0 Å². The summed E-state index contributed by atoms with van der Waals surface area (Å²) >= 11 is 9.53. The Bertz CT molecular complexity index is 1690. The number of benzene rings is 2. The topological polar surface area (TPSA) is 110 Å². The van der Waals surface area contributed by atoms with Crippen molar-refractivity contribution in [3.8, 4) is 0 Å². The second-order valence-electron chi connectivity index (χ2n) is 8.92. The fourth-order valence-corrected chi connectivity index (χ4v) is 6.99. The van der Waals surface area contributed by atoms with Crippen LogP contribution in [0.25, 0.3) is 10.9 Å². The fourth-order valence-electron chi connectivity index (χ4n) is 4.29. The van der Waals surface area contributed by atoms with Gasteiger partial charge in [0.2, 0.25) is 0 Å². The lowest BCUT2D eigenvalue weighted by atomic mass is 10.1.